The van der Waals surface area contributed by atoms with Crippen molar-refractivity contribution < 1.29 is 13.9 Å². The number of ether oxygens (including phenoxy) is 1. The molecule has 1 amide bonds. The highest BCUT2D eigenvalue weighted by Gasteiger charge is 2.19. The fourth-order valence-corrected chi connectivity index (χ4v) is 4.83. The van der Waals surface area contributed by atoms with Gasteiger partial charge in [0.25, 0.3) is 5.56 Å². The molecule has 0 fully saturated rings. The summed E-state index contributed by atoms with van der Waals surface area (Å²) in [6.07, 6.45) is 1.74. The van der Waals surface area contributed by atoms with E-state index in [1.54, 1.807) is 12.3 Å². The first-order valence-corrected chi connectivity index (χ1v) is 12.5. The summed E-state index contributed by atoms with van der Waals surface area (Å²) in [4.78, 5) is 34.3. The zero-order valence-corrected chi connectivity index (χ0v) is 20.9. The van der Waals surface area contributed by atoms with Crippen LogP contribution in [0.4, 0.5) is 10.1 Å². The molecule has 0 saturated heterocycles. The van der Waals surface area contributed by atoms with Gasteiger partial charge in [-0.05, 0) is 54.4 Å². The Morgan fingerprint density at radius 3 is 2.59 bits per heavy atom. The number of thioether (sulfide) groups is 1. The Morgan fingerprint density at radius 2 is 1.86 bits per heavy atom. The van der Waals surface area contributed by atoms with E-state index in [0.29, 0.717) is 33.3 Å². The Hall–Kier alpha value is -4.37. The second kappa shape index (κ2) is 10.3. The second-order valence-corrected chi connectivity index (χ2v) is 9.29. The largest absolute Gasteiger partial charge is 0.495 e. The molecule has 0 bridgehead atoms. The quantitative estimate of drug-likeness (QED) is 0.219. The molecule has 0 atom stereocenters. The van der Waals surface area contributed by atoms with Crippen molar-refractivity contribution in [2.45, 2.75) is 12.1 Å². The fraction of sp³-hybridized carbons (Fsp3) is 0.107. The number of carbonyl (C=O) groups excluding carboxylic acids is 1. The molecule has 5 aromatic rings. The smallest absolute Gasteiger partial charge is 0.283 e. The van der Waals surface area contributed by atoms with Crippen molar-refractivity contribution in [1.29, 1.82) is 0 Å². The maximum atomic E-state index is 13.6. The van der Waals surface area contributed by atoms with Crippen LogP contribution in [-0.2, 0) is 4.79 Å². The van der Waals surface area contributed by atoms with Gasteiger partial charge in [-0.2, -0.15) is 0 Å². The molecule has 5 rings (SSSR count). The molecule has 2 N–H and O–H groups in total. The van der Waals surface area contributed by atoms with Gasteiger partial charge in [-0.25, -0.2) is 9.37 Å². The van der Waals surface area contributed by atoms with Crippen molar-refractivity contribution in [3.8, 4) is 22.6 Å². The van der Waals surface area contributed by atoms with Crippen molar-refractivity contribution >= 4 is 34.4 Å². The second-order valence-electron chi connectivity index (χ2n) is 8.34. The Labute approximate surface area is 216 Å². The van der Waals surface area contributed by atoms with Crippen LogP contribution < -0.4 is 15.6 Å². The molecule has 0 unspecified atom stereocenters. The summed E-state index contributed by atoms with van der Waals surface area (Å²) in [6.45, 7) is 1.92. The Bertz CT molecular complexity index is 1650. The van der Waals surface area contributed by atoms with E-state index in [9.17, 15) is 14.0 Å². The molecule has 7 nitrogen and oxygen atoms in total. The number of fused-ring (bicyclic) bond motifs is 1. The first-order valence-electron chi connectivity index (χ1n) is 11.5. The molecular formula is C28H23FN4O3S. The Balaban J connectivity index is 1.54. The van der Waals surface area contributed by atoms with E-state index in [1.807, 2.05) is 49.4 Å². The van der Waals surface area contributed by atoms with Crippen LogP contribution in [0.2, 0.25) is 0 Å². The molecule has 0 saturated carbocycles. The van der Waals surface area contributed by atoms with Crippen molar-refractivity contribution in [1.82, 2.24) is 14.5 Å². The van der Waals surface area contributed by atoms with Gasteiger partial charge in [0.05, 0.1) is 24.2 Å². The maximum absolute atomic E-state index is 13.6. The first kappa shape index (κ1) is 24.3. The summed E-state index contributed by atoms with van der Waals surface area (Å²) in [5.41, 5.74) is 4.13. The lowest BCUT2D eigenvalue weighted by Crippen LogP contribution is -2.23. The maximum Gasteiger partial charge on any atom is 0.283 e. The molecule has 2 aromatic heterocycles. The number of methoxy groups -OCH3 is 1. The molecular weight excluding hydrogens is 491 g/mol. The molecule has 0 aliphatic rings. The Morgan fingerprint density at radius 1 is 1.11 bits per heavy atom. The van der Waals surface area contributed by atoms with E-state index in [0.717, 1.165) is 28.5 Å². The highest BCUT2D eigenvalue weighted by atomic mass is 32.2. The number of nitrogens with zero attached hydrogens (tertiary/aromatic N) is 2. The average molecular weight is 515 g/mol. The van der Waals surface area contributed by atoms with E-state index in [1.165, 1.54) is 35.9 Å². The van der Waals surface area contributed by atoms with E-state index in [4.69, 9.17) is 9.72 Å². The van der Waals surface area contributed by atoms with Crippen molar-refractivity contribution in [2.75, 3.05) is 18.2 Å². The third-order valence-corrected chi connectivity index (χ3v) is 6.74. The number of H-pyrrole nitrogens is 1. The van der Waals surface area contributed by atoms with Crippen LogP contribution in [-0.4, -0.2) is 33.3 Å². The summed E-state index contributed by atoms with van der Waals surface area (Å²) < 4.78 is 20.4. The summed E-state index contributed by atoms with van der Waals surface area (Å²) >= 11 is 1.12. The fourth-order valence-electron chi connectivity index (χ4n) is 4.03. The summed E-state index contributed by atoms with van der Waals surface area (Å²) in [5, 5.41) is 3.18. The minimum absolute atomic E-state index is 0.0126. The zero-order chi connectivity index (χ0) is 25.9. The molecule has 186 valence electrons. The molecule has 2 heterocycles. The first-order chi connectivity index (χ1) is 17.9. The molecule has 9 heteroatoms. The number of hydrogen-bond acceptors (Lipinski definition) is 5. The number of aryl methyl sites for hydroxylation is 1. The van der Waals surface area contributed by atoms with Gasteiger partial charge in [0, 0.05) is 11.8 Å². The topological polar surface area (TPSA) is 89.0 Å². The van der Waals surface area contributed by atoms with Gasteiger partial charge in [0.2, 0.25) is 5.91 Å². The van der Waals surface area contributed by atoms with E-state index in [-0.39, 0.29) is 17.2 Å². The van der Waals surface area contributed by atoms with Gasteiger partial charge in [-0.1, -0.05) is 48.2 Å². The van der Waals surface area contributed by atoms with Crippen molar-refractivity contribution in [2.24, 2.45) is 0 Å². The van der Waals surface area contributed by atoms with Gasteiger partial charge in [-0.15, -0.1) is 0 Å². The van der Waals surface area contributed by atoms with Crippen LogP contribution >= 0.6 is 11.8 Å². The SMILES string of the molecule is COc1ccc(C)cc1NC(=O)CSc1nc2c(-c3ccccc3)c[nH]c2c(=O)n1-c1ccc(F)cc1. The standard InChI is InChI=1S/C28H23FN4O3S/c1-17-8-13-23(36-2)22(14-17)31-24(34)16-37-28-32-25-21(18-6-4-3-5-7-18)15-30-26(25)27(35)33(28)20-11-9-19(29)10-12-20/h3-15,30H,16H2,1-2H3,(H,31,34). The molecule has 0 spiro atoms. The number of amides is 1. The lowest BCUT2D eigenvalue weighted by Gasteiger charge is -2.13. The van der Waals surface area contributed by atoms with Gasteiger partial charge in [0.1, 0.15) is 22.6 Å². The third kappa shape index (κ3) is 4.99. The highest BCUT2D eigenvalue weighted by molar-refractivity contribution is 7.99. The minimum Gasteiger partial charge on any atom is -0.495 e. The van der Waals surface area contributed by atoms with Gasteiger partial charge >= 0.3 is 0 Å². The number of carbonyl (C=O) groups is 1. The van der Waals surface area contributed by atoms with Crippen LogP contribution in [0.1, 0.15) is 5.56 Å². The van der Waals surface area contributed by atoms with Crippen molar-refractivity contribution in [3.05, 3.63) is 101 Å². The van der Waals surface area contributed by atoms with E-state index in [2.05, 4.69) is 10.3 Å². The number of benzene rings is 3. The lowest BCUT2D eigenvalue weighted by molar-refractivity contribution is -0.113. The van der Waals surface area contributed by atoms with Gasteiger partial charge in [0.15, 0.2) is 5.16 Å². The monoisotopic (exact) mass is 514 g/mol. The summed E-state index contributed by atoms with van der Waals surface area (Å²) in [7, 11) is 1.54. The molecule has 0 aliphatic heterocycles. The number of halogens is 1. The predicted molar refractivity (Wildman–Crippen MR) is 144 cm³/mol. The highest BCUT2D eigenvalue weighted by Crippen LogP contribution is 2.30. The molecule has 37 heavy (non-hydrogen) atoms. The number of aromatic amines is 1. The Kier molecular flexibility index (Phi) is 6.78. The normalized spacial score (nSPS) is 11.0. The van der Waals surface area contributed by atoms with E-state index >= 15 is 0 Å². The van der Waals surface area contributed by atoms with Crippen LogP contribution in [0, 0.1) is 12.7 Å². The number of aromatic nitrogens is 3. The van der Waals surface area contributed by atoms with Crippen LogP contribution in [0.5, 0.6) is 5.75 Å². The predicted octanol–water partition coefficient (Wildman–Crippen LogP) is 5.57. The number of nitrogens with one attached hydrogen (secondary N) is 2. The molecule has 0 aliphatic carbocycles. The van der Waals surface area contributed by atoms with Crippen LogP contribution in [0.15, 0.2) is 88.9 Å². The zero-order valence-electron chi connectivity index (χ0n) is 20.1. The number of rotatable bonds is 7. The molecule has 3 aromatic carbocycles. The van der Waals surface area contributed by atoms with Crippen LogP contribution in [0.3, 0.4) is 0 Å². The number of anilines is 1. The van der Waals surface area contributed by atoms with Crippen molar-refractivity contribution in [3.63, 3.8) is 0 Å². The van der Waals surface area contributed by atoms with E-state index < -0.39 is 5.82 Å². The number of hydrogen-bond donors (Lipinski definition) is 2. The average Bonchev–Trinajstić information content (AvgIpc) is 3.33. The minimum atomic E-state index is -0.419. The van der Waals surface area contributed by atoms with Gasteiger partial charge < -0.3 is 15.0 Å². The lowest BCUT2D eigenvalue weighted by atomic mass is 10.1. The third-order valence-electron chi connectivity index (χ3n) is 5.80. The van der Waals surface area contributed by atoms with Crippen LogP contribution in [0.25, 0.3) is 27.8 Å². The summed E-state index contributed by atoms with van der Waals surface area (Å²) in [5.74, 6) is -0.169. The molecule has 0 radical (unpaired) electrons. The summed E-state index contributed by atoms with van der Waals surface area (Å²) in [6, 6.07) is 20.7. The van der Waals surface area contributed by atoms with Gasteiger partial charge in [-0.3, -0.25) is 14.2 Å².